The van der Waals surface area contributed by atoms with E-state index in [9.17, 15) is 4.79 Å². The molecule has 110 valence electrons. The van der Waals surface area contributed by atoms with Gasteiger partial charge in [0, 0.05) is 6.54 Å². The summed E-state index contributed by atoms with van der Waals surface area (Å²) < 4.78 is 10.8. The summed E-state index contributed by atoms with van der Waals surface area (Å²) in [6.45, 7) is 3.96. The van der Waals surface area contributed by atoms with Crippen LogP contribution in [0.2, 0.25) is 0 Å². The normalized spacial score (nSPS) is 17.8. The molecule has 20 heavy (non-hydrogen) atoms. The Kier molecular flexibility index (Phi) is 5.24. The average molecular weight is 278 g/mol. The van der Waals surface area contributed by atoms with Crippen LogP contribution < -0.4 is 20.1 Å². The number of nitrogens with one attached hydrogen (secondary N) is 2. The van der Waals surface area contributed by atoms with E-state index in [2.05, 4.69) is 10.6 Å². The van der Waals surface area contributed by atoms with E-state index in [1.165, 1.54) is 0 Å². The zero-order chi connectivity index (χ0) is 14.4. The number of carbonyl (C=O) groups is 1. The van der Waals surface area contributed by atoms with Gasteiger partial charge in [0.05, 0.1) is 19.8 Å². The highest BCUT2D eigenvalue weighted by atomic mass is 16.5. The molecule has 1 aromatic carbocycles. The summed E-state index contributed by atoms with van der Waals surface area (Å²) in [5.74, 6) is 1.48. The van der Waals surface area contributed by atoms with Gasteiger partial charge in [0.25, 0.3) is 0 Å². The second-order valence-corrected chi connectivity index (χ2v) is 4.78. The van der Waals surface area contributed by atoms with Gasteiger partial charge < -0.3 is 20.1 Å². The lowest BCUT2D eigenvalue weighted by atomic mass is 10.1. The van der Waals surface area contributed by atoms with Crippen LogP contribution in [0.5, 0.6) is 11.5 Å². The molecule has 2 N–H and O–H groups in total. The fraction of sp³-hybridized carbons (Fsp3) is 0.533. The van der Waals surface area contributed by atoms with Gasteiger partial charge in [-0.05, 0) is 44.0 Å². The van der Waals surface area contributed by atoms with Crippen LogP contribution in [-0.2, 0) is 11.3 Å². The third kappa shape index (κ3) is 3.63. The highest BCUT2D eigenvalue weighted by Crippen LogP contribution is 2.27. The van der Waals surface area contributed by atoms with Gasteiger partial charge in [-0.3, -0.25) is 4.79 Å². The molecule has 0 spiro atoms. The van der Waals surface area contributed by atoms with Gasteiger partial charge in [-0.25, -0.2) is 0 Å². The van der Waals surface area contributed by atoms with Gasteiger partial charge in [-0.1, -0.05) is 6.07 Å². The summed E-state index contributed by atoms with van der Waals surface area (Å²) in [5.41, 5.74) is 0.997. The average Bonchev–Trinajstić information content (AvgIpc) is 3.00. The Balaban J connectivity index is 1.93. The van der Waals surface area contributed by atoms with Crippen molar-refractivity contribution in [3.63, 3.8) is 0 Å². The largest absolute Gasteiger partial charge is 0.493 e. The minimum atomic E-state index is -0.0420. The van der Waals surface area contributed by atoms with Crippen molar-refractivity contribution in [3.8, 4) is 11.5 Å². The van der Waals surface area contributed by atoms with Gasteiger partial charge in [-0.15, -0.1) is 0 Å². The lowest BCUT2D eigenvalue weighted by Crippen LogP contribution is -2.39. The predicted molar refractivity (Wildman–Crippen MR) is 77.0 cm³/mol. The van der Waals surface area contributed by atoms with Gasteiger partial charge in [0.1, 0.15) is 0 Å². The first-order valence-corrected chi connectivity index (χ1v) is 7.05. The van der Waals surface area contributed by atoms with Gasteiger partial charge >= 0.3 is 0 Å². The number of hydrogen-bond donors (Lipinski definition) is 2. The highest BCUT2D eigenvalue weighted by molar-refractivity contribution is 5.82. The van der Waals surface area contributed by atoms with E-state index in [0.29, 0.717) is 18.9 Å². The van der Waals surface area contributed by atoms with Crippen LogP contribution >= 0.6 is 0 Å². The summed E-state index contributed by atoms with van der Waals surface area (Å²) in [4.78, 5) is 11.9. The maximum atomic E-state index is 11.9. The molecular formula is C15H22N2O3. The Morgan fingerprint density at radius 2 is 2.30 bits per heavy atom. The topological polar surface area (TPSA) is 59.6 Å². The fourth-order valence-electron chi connectivity index (χ4n) is 2.32. The first kappa shape index (κ1) is 14.7. The zero-order valence-electron chi connectivity index (χ0n) is 12.1. The molecule has 0 aromatic heterocycles. The molecule has 1 aromatic rings. The Morgan fingerprint density at radius 3 is 2.95 bits per heavy atom. The standard InChI is InChI=1S/C15H22N2O3/c1-3-20-13-7-6-11(9-14(13)19-2)10-17-15(18)12-5-4-8-16-12/h6-7,9,12,16H,3-5,8,10H2,1-2H3,(H,17,18). The van der Waals surface area contributed by atoms with Gasteiger partial charge in [0.2, 0.25) is 5.91 Å². The molecule has 5 heteroatoms. The lowest BCUT2D eigenvalue weighted by Gasteiger charge is -2.13. The van der Waals surface area contributed by atoms with E-state index in [4.69, 9.17) is 9.47 Å². The lowest BCUT2D eigenvalue weighted by molar-refractivity contribution is -0.122. The van der Waals surface area contributed by atoms with E-state index < -0.39 is 0 Å². The summed E-state index contributed by atoms with van der Waals surface area (Å²) in [6.07, 6.45) is 1.98. The second-order valence-electron chi connectivity index (χ2n) is 4.78. The minimum absolute atomic E-state index is 0.0420. The molecule has 1 unspecified atom stereocenters. The van der Waals surface area contributed by atoms with E-state index in [0.717, 1.165) is 30.7 Å². The molecule has 1 heterocycles. The quantitative estimate of drug-likeness (QED) is 0.827. The molecule has 2 rings (SSSR count). The van der Waals surface area contributed by atoms with Gasteiger partial charge in [-0.2, -0.15) is 0 Å². The Morgan fingerprint density at radius 1 is 1.45 bits per heavy atom. The van der Waals surface area contributed by atoms with Crippen molar-refractivity contribution in [3.05, 3.63) is 23.8 Å². The molecule has 1 fully saturated rings. The SMILES string of the molecule is CCOc1ccc(CNC(=O)C2CCCN2)cc1OC. The van der Waals surface area contributed by atoms with E-state index in [1.807, 2.05) is 25.1 Å². The Bertz CT molecular complexity index is 456. The number of benzene rings is 1. The van der Waals surface area contributed by atoms with Crippen molar-refractivity contribution in [2.45, 2.75) is 32.4 Å². The first-order valence-electron chi connectivity index (χ1n) is 7.05. The Labute approximate surface area is 119 Å². The zero-order valence-corrected chi connectivity index (χ0v) is 12.1. The molecule has 1 aliphatic rings. The highest BCUT2D eigenvalue weighted by Gasteiger charge is 2.21. The van der Waals surface area contributed by atoms with Gasteiger partial charge in [0.15, 0.2) is 11.5 Å². The minimum Gasteiger partial charge on any atom is -0.493 e. The van der Waals surface area contributed by atoms with Crippen molar-refractivity contribution in [2.24, 2.45) is 0 Å². The Hall–Kier alpha value is -1.75. The summed E-state index contributed by atoms with van der Waals surface area (Å²) in [7, 11) is 1.61. The summed E-state index contributed by atoms with van der Waals surface area (Å²) in [6, 6.07) is 5.67. The summed E-state index contributed by atoms with van der Waals surface area (Å²) >= 11 is 0. The smallest absolute Gasteiger partial charge is 0.237 e. The van der Waals surface area contributed by atoms with Crippen molar-refractivity contribution in [1.29, 1.82) is 0 Å². The molecule has 1 amide bonds. The summed E-state index contributed by atoms with van der Waals surface area (Å²) in [5, 5.41) is 6.13. The van der Waals surface area contributed by atoms with Crippen LogP contribution in [0.15, 0.2) is 18.2 Å². The molecular weight excluding hydrogens is 256 g/mol. The molecule has 0 saturated carbocycles. The first-order chi connectivity index (χ1) is 9.74. The van der Waals surface area contributed by atoms with Crippen LogP contribution in [0, 0.1) is 0 Å². The number of carbonyl (C=O) groups excluding carboxylic acids is 1. The number of ether oxygens (including phenoxy) is 2. The maximum Gasteiger partial charge on any atom is 0.237 e. The molecule has 0 aliphatic carbocycles. The number of methoxy groups -OCH3 is 1. The molecule has 5 nitrogen and oxygen atoms in total. The number of hydrogen-bond acceptors (Lipinski definition) is 4. The van der Waals surface area contributed by atoms with Crippen LogP contribution in [0.25, 0.3) is 0 Å². The van der Waals surface area contributed by atoms with Crippen LogP contribution in [0.1, 0.15) is 25.3 Å². The van der Waals surface area contributed by atoms with Crippen molar-refractivity contribution in [2.75, 3.05) is 20.3 Å². The molecule has 1 saturated heterocycles. The van der Waals surface area contributed by atoms with E-state index in [-0.39, 0.29) is 11.9 Å². The van der Waals surface area contributed by atoms with Crippen LogP contribution in [0.4, 0.5) is 0 Å². The molecule has 0 bridgehead atoms. The predicted octanol–water partition coefficient (Wildman–Crippen LogP) is 1.46. The van der Waals surface area contributed by atoms with Crippen LogP contribution in [0.3, 0.4) is 0 Å². The number of amides is 1. The molecule has 1 atom stereocenters. The van der Waals surface area contributed by atoms with Crippen molar-refractivity contribution in [1.82, 2.24) is 10.6 Å². The second kappa shape index (κ2) is 7.14. The molecule has 0 radical (unpaired) electrons. The van der Waals surface area contributed by atoms with Crippen molar-refractivity contribution >= 4 is 5.91 Å². The maximum absolute atomic E-state index is 11.9. The molecule has 1 aliphatic heterocycles. The number of rotatable bonds is 6. The van der Waals surface area contributed by atoms with E-state index >= 15 is 0 Å². The third-order valence-corrected chi connectivity index (χ3v) is 3.37. The van der Waals surface area contributed by atoms with E-state index in [1.54, 1.807) is 7.11 Å². The van der Waals surface area contributed by atoms with Crippen molar-refractivity contribution < 1.29 is 14.3 Å². The third-order valence-electron chi connectivity index (χ3n) is 3.37. The monoisotopic (exact) mass is 278 g/mol. The van der Waals surface area contributed by atoms with Crippen LogP contribution in [-0.4, -0.2) is 32.2 Å². The fourth-order valence-corrected chi connectivity index (χ4v) is 2.32.